The molecule has 1 aromatic rings. The summed E-state index contributed by atoms with van der Waals surface area (Å²) in [5.74, 6) is 0.714. The van der Waals surface area contributed by atoms with Crippen LogP contribution in [0.15, 0.2) is 36.9 Å². The van der Waals surface area contributed by atoms with Gasteiger partial charge in [-0.25, -0.2) is 0 Å². The Morgan fingerprint density at radius 3 is 2.93 bits per heavy atom. The molecular weight excluding hydrogens is 184 g/mol. The predicted octanol–water partition coefficient (Wildman–Crippen LogP) is 3.10. The van der Waals surface area contributed by atoms with Crippen molar-refractivity contribution in [1.29, 1.82) is 0 Å². The summed E-state index contributed by atoms with van der Waals surface area (Å²) in [5.41, 5.74) is 2.42. The fraction of sp³-hybridized carbons (Fsp3) is 0.429. The predicted molar refractivity (Wildman–Crippen MR) is 62.6 cm³/mol. The van der Waals surface area contributed by atoms with E-state index in [1.807, 2.05) is 24.3 Å². The molecule has 0 bridgehead atoms. The number of allylic oxidation sites excluding steroid dienone is 1. The first-order valence-corrected chi connectivity index (χ1v) is 5.62. The molecular formula is C14H18O. The van der Waals surface area contributed by atoms with Crippen molar-refractivity contribution in [3.63, 3.8) is 0 Å². The van der Waals surface area contributed by atoms with Crippen LogP contribution in [0.3, 0.4) is 0 Å². The molecule has 3 atom stereocenters. The molecule has 0 aliphatic heterocycles. The maximum Gasteiger partial charge on any atom is 0.0826 e. The van der Waals surface area contributed by atoms with E-state index in [4.69, 9.17) is 0 Å². The molecule has 80 valence electrons. The molecule has 1 aromatic carbocycles. The fourth-order valence-corrected chi connectivity index (χ4v) is 2.49. The monoisotopic (exact) mass is 202 g/mol. The normalized spacial score (nSPS) is 26.8. The standard InChI is InChI=1S/C14H18O/c1-3-10(2)12-9-8-11-6-4-5-7-13(11)14(12)15/h3-7,10,12,14-15H,1,8-9H2,2H3. The van der Waals surface area contributed by atoms with E-state index in [1.165, 1.54) is 5.56 Å². The topological polar surface area (TPSA) is 20.2 Å². The van der Waals surface area contributed by atoms with Gasteiger partial charge in [-0.15, -0.1) is 6.58 Å². The number of rotatable bonds is 2. The van der Waals surface area contributed by atoms with Crippen molar-refractivity contribution >= 4 is 0 Å². The van der Waals surface area contributed by atoms with Crippen LogP contribution in [0.2, 0.25) is 0 Å². The van der Waals surface area contributed by atoms with Crippen LogP contribution in [0.4, 0.5) is 0 Å². The second-order valence-corrected chi connectivity index (χ2v) is 4.44. The molecule has 15 heavy (non-hydrogen) atoms. The third-order valence-corrected chi connectivity index (χ3v) is 3.57. The van der Waals surface area contributed by atoms with E-state index < -0.39 is 0 Å². The van der Waals surface area contributed by atoms with Crippen LogP contribution >= 0.6 is 0 Å². The largest absolute Gasteiger partial charge is 0.388 e. The summed E-state index contributed by atoms with van der Waals surface area (Å²) in [6.07, 6.45) is 3.77. The van der Waals surface area contributed by atoms with Gasteiger partial charge in [0.05, 0.1) is 6.10 Å². The molecule has 1 nitrogen and oxygen atoms in total. The van der Waals surface area contributed by atoms with Gasteiger partial charge in [-0.3, -0.25) is 0 Å². The Hall–Kier alpha value is -1.08. The quantitative estimate of drug-likeness (QED) is 0.731. The highest BCUT2D eigenvalue weighted by molar-refractivity contribution is 5.32. The smallest absolute Gasteiger partial charge is 0.0826 e. The Morgan fingerprint density at radius 1 is 1.47 bits per heavy atom. The van der Waals surface area contributed by atoms with Gasteiger partial charge >= 0.3 is 0 Å². The summed E-state index contributed by atoms with van der Waals surface area (Å²) in [6.45, 7) is 5.95. The first kappa shape index (κ1) is 10.4. The third kappa shape index (κ3) is 1.84. The van der Waals surface area contributed by atoms with Crippen molar-refractivity contribution in [1.82, 2.24) is 0 Å². The lowest BCUT2D eigenvalue weighted by atomic mass is 9.75. The maximum atomic E-state index is 10.3. The molecule has 0 heterocycles. The molecule has 0 saturated heterocycles. The lowest BCUT2D eigenvalue weighted by Gasteiger charge is -2.32. The van der Waals surface area contributed by atoms with Crippen LogP contribution in [-0.4, -0.2) is 5.11 Å². The Labute approximate surface area is 91.4 Å². The summed E-state index contributed by atoms with van der Waals surface area (Å²) < 4.78 is 0. The number of hydrogen-bond donors (Lipinski definition) is 1. The molecule has 0 aromatic heterocycles. The molecule has 1 heteroatoms. The highest BCUT2D eigenvalue weighted by Gasteiger charge is 2.30. The average molecular weight is 202 g/mol. The fourth-order valence-electron chi connectivity index (χ4n) is 2.49. The molecule has 0 spiro atoms. The highest BCUT2D eigenvalue weighted by Crippen LogP contribution is 2.38. The summed E-state index contributed by atoms with van der Waals surface area (Å²) in [4.78, 5) is 0. The minimum absolute atomic E-state index is 0.317. The zero-order chi connectivity index (χ0) is 10.8. The van der Waals surface area contributed by atoms with Gasteiger partial charge in [0.1, 0.15) is 0 Å². The van der Waals surface area contributed by atoms with Crippen molar-refractivity contribution in [3.8, 4) is 0 Å². The van der Waals surface area contributed by atoms with Gasteiger partial charge in [0.2, 0.25) is 0 Å². The number of benzene rings is 1. The van der Waals surface area contributed by atoms with E-state index in [1.54, 1.807) is 0 Å². The summed E-state index contributed by atoms with van der Waals surface area (Å²) >= 11 is 0. The van der Waals surface area contributed by atoms with Crippen LogP contribution < -0.4 is 0 Å². The Balaban J connectivity index is 2.29. The van der Waals surface area contributed by atoms with Gasteiger partial charge in [0, 0.05) is 0 Å². The Bertz CT molecular complexity index is 356. The molecule has 0 fully saturated rings. The SMILES string of the molecule is C=CC(C)C1CCc2ccccc2C1O. The van der Waals surface area contributed by atoms with Crippen LogP contribution in [0, 0.1) is 11.8 Å². The van der Waals surface area contributed by atoms with Gasteiger partial charge in [0.25, 0.3) is 0 Å². The van der Waals surface area contributed by atoms with Gasteiger partial charge in [-0.2, -0.15) is 0 Å². The highest BCUT2D eigenvalue weighted by atomic mass is 16.3. The number of hydrogen-bond acceptors (Lipinski definition) is 1. The Kier molecular flexibility index (Phi) is 2.92. The van der Waals surface area contributed by atoms with Crippen molar-refractivity contribution in [2.45, 2.75) is 25.9 Å². The van der Waals surface area contributed by atoms with Crippen molar-refractivity contribution in [3.05, 3.63) is 48.0 Å². The zero-order valence-electron chi connectivity index (χ0n) is 9.19. The minimum Gasteiger partial charge on any atom is -0.388 e. The first-order valence-electron chi connectivity index (χ1n) is 5.62. The van der Waals surface area contributed by atoms with Crippen molar-refractivity contribution < 1.29 is 5.11 Å². The van der Waals surface area contributed by atoms with Gasteiger partial charge in [-0.05, 0) is 35.8 Å². The zero-order valence-corrected chi connectivity index (χ0v) is 9.19. The van der Waals surface area contributed by atoms with E-state index in [9.17, 15) is 5.11 Å². The van der Waals surface area contributed by atoms with Gasteiger partial charge in [0.15, 0.2) is 0 Å². The second kappa shape index (κ2) is 4.19. The Morgan fingerprint density at radius 2 is 2.20 bits per heavy atom. The molecule has 1 aliphatic carbocycles. The maximum absolute atomic E-state index is 10.3. The summed E-state index contributed by atoms with van der Waals surface area (Å²) in [6, 6.07) is 8.21. The molecule has 0 amide bonds. The third-order valence-electron chi connectivity index (χ3n) is 3.57. The van der Waals surface area contributed by atoms with Crippen LogP contribution in [0.5, 0.6) is 0 Å². The molecule has 3 unspecified atom stereocenters. The summed E-state index contributed by atoms with van der Waals surface area (Å²) in [7, 11) is 0. The minimum atomic E-state index is -0.317. The summed E-state index contributed by atoms with van der Waals surface area (Å²) in [5, 5.41) is 10.3. The molecule has 1 N–H and O–H groups in total. The van der Waals surface area contributed by atoms with Crippen LogP contribution in [0.25, 0.3) is 0 Å². The second-order valence-electron chi connectivity index (χ2n) is 4.44. The van der Waals surface area contributed by atoms with Crippen LogP contribution in [-0.2, 0) is 6.42 Å². The van der Waals surface area contributed by atoms with E-state index in [0.717, 1.165) is 18.4 Å². The van der Waals surface area contributed by atoms with E-state index in [2.05, 4.69) is 19.6 Å². The molecule has 0 saturated carbocycles. The number of aryl methyl sites for hydroxylation is 1. The van der Waals surface area contributed by atoms with Gasteiger partial charge in [-0.1, -0.05) is 37.3 Å². The van der Waals surface area contributed by atoms with Crippen LogP contribution in [0.1, 0.15) is 30.6 Å². The average Bonchev–Trinajstić information content (AvgIpc) is 2.29. The molecule has 0 radical (unpaired) electrons. The number of fused-ring (bicyclic) bond motifs is 1. The van der Waals surface area contributed by atoms with Gasteiger partial charge < -0.3 is 5.11 Å². The lowest BCUT2D eigenvalue weighted by Crippen LogP contribution is -2.24. The molecule has 1 aliphatic rings. The van der Waals surface area contributed by atoms with E-state index >= 15 is 0 Å². The number of aliphatic hydroxyl groups is 1. The number of aliphatic hydroxyl groups excluding tert-OH is 1. The van der Waals surface area contributed by atoms with Crippen molar-refractivity contribution in [2.75, 3.05) is 0 Å². The van der Waals surface area contributed by atoms with E-state index in [0.29, 0.717) is 11.8 Å². The van der Waals surface area contributed by atoms with E-state index in [-0.39, 0.29) is 6.10 Å². The van der Waals surface area contributed by atoms with Crippen molar-refractivity contribution in [2.24, 2.45) is 11.8 Å². The molecule has 2 rings (SSSR count). The first-order chi connectivity index (χ1) is 7.24. The lowest BCUT2D eigenvalue weighted by molar-refractivity contribution is 0.0739.